The summed E-state index contributed by atoms with van der Waals surface area (Å²) in [5.74, 6) is 0.146. The van der Waals surface area contributed by atoms with Crippen molar-refractivity contribution < 1.29 is 23.8 Å². The van der Waals surface area contributed by atoms with Gasteiger partial charge in [-0.2, -0.15) is 0 Å². The van der Waals surface area contributed by atoms with Gasteiger partial charge in [-0.3, -0.25) is 14.6 Å². The van der Waals surface area contributed by atoms with Crippen molar-refractivity contribution in [1.82, 2.24) is 0 Å². The lowest BCUT2D eigenvalue weighted by Crippen LogP contribution is -2.38. The number of allylic oxidation sites excluding steroid dienone is 2. The maximum absolute atomic E-state index is 13.6. The Labute approximate surface area is 199 Å². The van der Waals surface area contributed by atoms with E-state index >= 15 is 0 Å². The fourth-order valence-electron chi connectivity index (χ4n) is 5.13. The van der Waals surface area contributed by atoms with Crippen molar-refractivity contribution in [3.63, 3.8) is 0 Å². The zero-order valence-corrected chi connectivity index (χ0v) is 19.7. The molecule has 0 radical (unpaired) electrons. The van der Waals surface area contributed by atoms with Gasteiger partial charge >= 0.3 is 5.97 Å². The molecule has 0 aromatic heterocycles. The Morgan fingerprint density at radius 3 is 2.59 bits per heavy atom. The van der Waals surface area contributed by atoms with E-state index in [4.69, 9.17) is 19.2 Å². The summed E-state index contributed by atoms with van der Waals surface area (Å²) in [5.41, 5.74) is 4.05. The average molecular weight is 460 g/mol. The average Bonchev–Trinajstić information content (AvgIpc) is 3.30. The molecule has 3 aliphatic rings. The van der Waals surface area contributed by atoms with E-state index in [1.54, 1.807) is 0 Å². The van der Waals surface area contributed by atoms with Crippen molar-refractivity contribution in [3.8, 4) is 11.5 Å². The maximum atomic E-state index is 13.6. The number of nitrogens with zero attached hydrogens (tertiary/aromatic N) is 1. The second kappa shape index (κ2) is 9.09. The maximum Gasteiger partial charge on any atom is 0.315 e. The number of ketones is 1. The zero-order chi connectivity index (χ0) is 23.8. The number of hydrogen-bond acceptors (Lipinski definition) is 6. The van der Waals surface area contributed by atoms with E-state index in [0.717, 1.165) is 16.8 Å². The molecule has 5 rings (SSSR count). The van der Waals surface area contributed by atoms with Crippen LogP contribution < -0.4 is 9.47 Å². The van der Waals surface area contributed by atoms with Gasteiger partial charge in [0.25, 0.3) is 0 Å². The molecule has 0 saturated carbocycles. The molecule has 2 heterocycles. The van der Waals surface area contributed by atoms with Gasteiger partial charge in [-0.15, -0.1) is 0 Å². The SMILES string of the molecule is CC1=NC2=C(C(=O)C[C@@H](c3ccccc3)C2)[C@@H](c2ccc3c(c2)OCO3)C1C(=O)OCC(C)C. The number of carbonyl (C=O) groups excluding carboxylic acids is 2. The van der Waals surface area contributed by atoms with Gasteiger partial charge in [0.1, 0.15) is 5.92 Å². The van der Waals surface area contributed by atoms with E-state index in [9.17, 15) is 9.59 Å². The van der Waals surface area contributed by atoms with Crippen molar-refractivity contribution in [2.24, 2.45) is 16.8 Å². The van der Waals surface area contributed by atoms with Crippen LogP contribution in [0.4, 0.5) is 0 Å². The predicted octanol–water partition coefficient (Wildman–Crippen LogP) is 5.19. The van der Waals surface area contributed by atoms with Crippen LogP contribution in [0.1, 0.15) is 56.6 Å². The highest BCUT2D eigenvalue weighted by atomic mass is 16.7. The number of fused-ring (bicyclic) bond motifs is 1. The number of carbonyl (C=O) groups is 2. The Bertz CT molecular complexity index is 1180. The Kier molecular flexibility index (Phi) is 5.98. The largest absolute Gasteiger partial charge is 0.465 e. The number of Topliss-reactive ketones (excluding diaryl/α,β-unsaturated/α-hetero) is 1. The fourth-order valence-corrected chi connectivity index (χ4v) is 5.13. The number of benzene rings is 2. The summed E-state index contributed by atoms with van der Waals surface area (Å²) in [6.07, 6.45) is 1.06. The smallest absolute Gasteiger partial charge is 0.315 e. The lowest BCUT2D eigenvalue weighted by Gasteiger charge is -2.36. The van der Waals surface area contributed by atoms with Crippen LogP contribution in [0, 0.1) is 11.8 Å². The summed E-state index contributed by atoms with van der Waals surface area (Å²) in [7, 11) is 0. The van der Waals surface area contributed by atoms with Crippen molar-refractivity contribution in [2.75, 3.05) is 13.4 Å². The lowest BCUT2D eigenvalue weighted by atomic mass is 9.69. The molecule has 0 amide bonds. The molecule has 1 unspecified atom stereocenters. The van der Waals surface area contributed by atoms with E-state index in [-0.39, 0.29) is 30.4 Å². The molecule has 0 N–H and O–H groups in total. The van der Waals surface area contributed by atoms with Crippen LogP contribution in [0.15, 0.2) is 64.8 Å². The minimum Gasteiger partial charge on any atom is -0.465 e. The summed E-state index contributed by atoms with van der Waals surface area (Å²) in [4.78, 5) is 31.8. The monoisotopic (exact) mass is 459 g/mol. The van der Waals surface area contributed by atoms with Crippen molar-refractivity contribution >= 4 is 17.5 Å². The Hall–Kier alpha value is -3.41. The molecule has 0 saturated heterocycles. The van der Waals surface area contributed by atoms with Crippen molar-refractivity contribution in [3.05, 3.63) is 70.9 Å². The highest BCUT2D eigenvalue weighted by Crippen LogP contribution is 2.48. The predicted molar refractivity (Wildman–Crippen MR) is 128 cm³/mol. The molecule has 1 aliphatic carbocycles. The van der Waals surface area contributed by atoms with Gasteiger partial charge in [0, 0.05) is 29.3 Å². The Balaban J connectivity index is 1.57. The molecule has 6 nitrogen and oxygen atoms in total. The van der Waals surface area contributed by atoms with Gasteiger partial charge in [0.05, 0.1) is 6.61 Å². The number of hydrogen-bond donors (Lipinski definition) is 0. The first-order valence-corrected chi connectivity index (χ1v) is 11.8. The van der Waals surface area contributed by atoms with Crippen LogP contribution in [0.25, 0.3) is 0 Å². The second-order valence-electron chi connectivity index (χ2n) is 9.64. The molecule has 2 aliphatic heterocycles. The fraction of sp³-hybridized carbons (Fsp3) is 0.393. The molecule has 6 heteroatoms. The normalized spacial score (nSPS) is 23.6. The minimum atomic E-state index is -0.657. The summed E-state index contributed by atoms with van der Waals surface area (Å²) in [5, 5.41) is 0. The zero-order valence-electron chi connectivity index (χ0n) is 19.7. The summed E-state index contributed by atoms with van der Waals surface area (Å²) in [6.45, 7) is 6.35. The molecule has 0 fully saturated rings. The highest BCUT2D eigenvalue weighted by Gasteiger charge is 2.45. The number of esters is 1. The first kappa shape index (κ1) is 22.4. The van der Waals surface area contributed by atoms with Gasteiger partial charge in [-0.1, -0.05) is 50.2 Å². The van der Waals surface area contributed by atoms with E-state index in [1.165, 1.54) is 0 Å². The van der Waals surface area contributed by atoms with Gasteiger partial charge in [-0.25, -0.2) is 0 Å². The number of ether oxygens (including phenoxy) is 3. The Morgan fingerprint density at radius 2 is 1.82 bits per heavy atom. The van der Waals surface area contributed by atoms with Crippen molar-refractivity contribution in [2.45, 2.75) is 45.4 Å². The second-order valence-corrected chi connectivity index (χ2v) is 9.64. The molecule has 0 spiro atoms. The first-order valence-electron chi connectivity index (χ1n) is 11.8. The van der Waals surface area contributed by atoms with Crippen LogP contribution in [0.3, 0.4) is 0 Å². The van der Waals surface area contributed by atoms with Crippen LogP contribution in [0.5, 0.6) is 11.5 Å². The number of rotatable bonds is 5. The van der Waals surface area contributed by atoms with Crippen molar-refractivity contribution in [1.29, 1.82) is 0 Å². The van der Waals surface area contributed by atoms with Gasteiger partial charge in [0.2, 0.25) is 6.79 Å². The summed E-state index contributed by atoms with van der Waals surface area (Å²) >= 11 is 0. The van der Waals surface area contributed by atoms with E-state index in [0.29, 0.717) is 42.2 Å². The molecule has 0 bridgehead atoms. The molecular weight excluding hydrogens is 430 g/mol. The summed E-state index contributed by atoms with van der Waals surface area (Å²) in [6, 6.07) is 15.7. The van der Waals surface area contributed by atoms with Gasteiger partial charge in [-0.05, 0) is 48.4 Å². The van der Waals surface area contributed by atoms with E-state index in [2.05, 4.69) is 12.1 Å². The van der Waals surface area contributed by atoms with Gasteiger partial charge in [0.15, 0.2) is 17.3 Å². The Morgan fingerprint density at radius 1 is 1.06 bits per heavy atom. The lowest BCUT2D eigenvalue weighted by molar-refractivity contribution is -0.147. The van der Waals surface area contributed by atoms with Crippen LogP contribution >= 0.6 is 0 Å². The highest BCUT2D eigenvalue weighted by molar-refractivity contribution is 6.09. The number of aliphatic imine (C=N–C) groups is 1. The minimum absolute atomic E-state index is 0.0377. The van der Waals surface area contributed by atoms with E-state index < -0.39 is 11.8 Å². The van der Waals surface area contributed by atoms with Crippen LogP contribution in [-0.4, -0.2) is 30.9 Å². The third-order valence-electron chi connectivity index (χ3n) is 6.73. The third-order valence-corrected chi connectivity index (χ3v) is 6.73. The quantitative estimate of drug-likeness (QED) is 0.576. The molecule has 3 atom stereocenters. The van der Waals surface area contributed by atoms with Gasteiger partial charge < -0.3 is 14.2 Å². The summed E-state index contributed by atoms with van der Waals surface area (Å²) < 4.78 is 16.7. The van der Waals surface area contributed by atoms with Crippen LogP contribution in [-0.2, 0) is 14.3 Å². The molecular formula is C28H29NO5. The topological polar surface area (TPSA) is 74.2 Å². The molecule has 2 aromatic carbocycles. The molecule has 2 aromatic rings. The third kappa shape index (κ3) is 4.13. The first-order chi connectivity index (χ1) is 16.4. The molecule has 176 valence electrons. The molecule has 34 heavy (non-hydrogen) atoms. The van der Waals surface area contributed by atoms with E-state index in [1.807, 2.05) is 57.2 Å². The standard InChI is InChI=1S/C28H29NO5/c1-16(2)14-32-28(31)25-17(3)29-21-11-20(18-7-5-4-6-8-18)12-22(30)27(21)26(25)19-9-10-23-24(13-19)34-15-33-23/h4-10,13,16,20,25-26H,11-12,14-15H2,1-3H3/t20-,25?,26-/m0/s1. The van der Waals surface area contributed by atoms with Crippen LogP contribution in [0.2, 0.25) is 0 Å².